The number of ether oxygens (including phenoxy) is 3. The van der Waals surface area contributed by atoms with E-state index in [1.807, 2.05) is 88.0 Å². The first-order chi connectivity index (χ1) is 32.8. The molecule has 1 fully saturated rings. The lowest BCUT2D eigenvalue weighted by Crippen LogP contribution is -2.58. The molecule has 372 valence electrons. The van der Waals surface area contributed by atoms with E-state index in [0.29, 0.717) is 31.6 Å². The molecule has 0 aliphatic carbocycles. The smallest absolute Gasteiger partial charge is 0.246 e. The fourth-order valence-corrected chi connectivity index (χ4v) is 10.1. The molecule has 0 spiro atoms. The Labute approximate surface area is 406 Å². The van der Waals surface area contributed by atoms with Gasteiger partial charge in [-0.3, -0.25) is 19.3 Å². The number of benzene rings is 3. The van der Waals surface area contributed by atoms with Gasteiger partial charge in [0.05, 0.1) is 48.0 Å². The molecule has 4 heterocycles. The van der Waals surface area contributed by atoms with Crippen LogP contribution in [0.15, 0.2) is 66.2 Å². The molecule has 69 heavy (non-hydrogen) atoms. The normalized spacial score (nSPS) is 19.1. The van der Waals surface area contributed by atoms with Gasteiger partial charge in [0.1, 0.15) is 41.7 Å². The lowest BCUT2D eigenvalue weighted by molar-refractivity contribution is -0.144. The molecule has 0 saturated carbocycles. The second-order valence-electron chi connectivity index (χ2n) is 19.9. The predicted molar refractivity (Wildman–Crippen MR) is 260 cm³/mol. The minimum Gasteiger partial charge on any atom is -0.493 e. The van der Waals surface area contributed by atoms with Gasteiger partial charge in [-0.05, 0) is 75.1 Å². The Morgan fingerprint density at radius 3 is 2.35 bits per heavy atom. The van der Waals surface area contributed by atoms with Crippen LogP contribution in [0.4, 0.5) is 13.2 Å². The molecule has 17 heteroatoms. The average molecular weight is 975 g/mol. The zero-order chi connectivity index (χ0) is 49.6. The van der Waals surface area contributed by atoms with Crippen LogP contribution in [-0.2, 0) is 36.8 Å². The number of H-pyrrole nitrogens is 1. The van der Waals surface area contributed by atoms with Crippen molar-refractivity contribution in [3.05, 3.63) is 106 Å². The van der Waals surface area contributed by atoms with E-state index in [4.69, 9.17) is 14.2 Å². The number of fused-ring (bicyclic) bond motifs is 3. The van der Waals surface area contributed by atoms with Crippen molar-refractivity contribution in [2.75, 3.05) is 46.1 Å². The molecule has 0 bridgehead atoms. The fourth-order valence-electron chi connectivity index (χ4n) is 9.27. The van der Waals surface area contributed by atoms with Gasteiger partial charge in [-0.1, -0.05) is 63.2 Å². The predicted octanol–water partition coefficient (Wildman–Crippen LogP) is 7.96. The number of aromatic nitrogens is 2. The van der Waals surface area contributed by atoms with Crippen molar-refractivity contribution in [1.29, 1.82) is 0 Å². The van der Waals surface area contributed by atoms with E-state index in [1.54, 1.807) is 16.8 Å². The summed E-state index contributed by atoms with van der Waals surface area (Å²) in [5, 5.41) is 17.2. The molecule has 1 saturated heterocycles. The first-order valence-corrected chi connectivity index (χ1v) is 24.5. The molecule has 3 aromatic carbocycles. The molecule has 3 amide bonds. The number of alkyl halides is 1. The second kappa shape index (κ2) is 22.2. The van der Waals surface area contributed by atoms with Gasteiger partial charge in [0.15, 0.2) is 0 Å². The van der Waals surface area contributed by atoms with Crippen LogP contribution >= 0.6 is 11.3 Å². The molecular formula is C52H65F3N6O7S. The molecule has 0 radical (unpaired) electrons. The molecule has 5 atom stereocenters. The van der Waals surface area contributed by atoms with Gasteiger partial charge in [0, 0.05) is 73.0 Å². The van der Waals surface area contributed by atoms with Crippen LogP contribution in [0.2, 0.25) is 0 Å². The average Bonchev–Trinajstić information content (AvgIpc) is 4.01. The molecular weight excluding hydrogens is 910 g/mol. The van der Waals surface area contributed by atoms with E-state index in [2.05, 4.69) is 20.6 Å². The van der Waals surface area contributed by atoms with Crippen LogP contribution in [0, 0.1) is 24.0 Å². The van der Waals surface area contributed by atoms with E-state index in [0.717, 1.165) is 38.2 Å². The van der Waals surface area contributed by atoms with Crippen molar-refractivity contribution in [3.63, 3.8) is 0 Å². The lowest BCUT2D eigenvalue weighted by atomic mass is 9.85. The molecule has 13 nitrogen and oxygen atoms in total. The van der Waals surface area contributed by atoms with Gasteiger partial charge < -0.3 is 39.8 Å². The number of aliphatic hydroxyl groups excluding tert-OH is 1. The molecule has 2 aliphatic rings. The van der Waals surface area contributed by atoms with Gasteiger partial charge in [0.25, 0.3) is 0 Å². The highest BCUT2D eigenvalue weighted by atomic mass is 32.1. The number of halogens is 3. The molecule has 4 N–H and O–H groups in total. The number of carbonyl (C=O) groups excluding carboxylic acids is 3. The van der Waals surface area contributed by atoms with E-state index >= 15 is 13.2 Å². The number of amides is 3. The van der Waals surface area contributed by atoms with Gasteiger partial charge >= 0.3 is 0 Å². The van der Waals surface area contributed by atoms with E-state index in [-0.39, 0.29) is 69.8 Å². The molecule has 2 aliphatic heterocycles. The number of hydrogen-bond acceptors (Lipinski definition) is 10. The molecule has 7 rings (SSSR count). The number of nitrogens with one attached hydrogen (secondary N) is 3. The zero-order valence-electron chi connectivity index (χ0n) is 40.5. The third kappa shape index (κ3) is 12.7. The number of nitrogens with zero attached hydrogens (tertiary/aromatic N) is 3. The van der Waals surface area contributed by atoms with Crippen LogP contribution in [0.3, 0.4) is 0 Å². The number of unbranched alkanes of at least 4 members (excludes halogenated alkanes) is 1. The van der Waals surface area contributed by atoms with Gasteiger partial charge in [-0.15, -0.1) is 11.3 Å². The number of likely N-dealkylation sites (tertiary alicyclic amines) is 1. The molecule has 2 aromatic heterocycles. The standard InChI is InChI=1S/C52H65F3N6O7S/c1-31-22-38-37-12-8-9-13-41(37)58-45(38)46(61(31)29-52(6,7)55)44-39(53)24-36(25-40(44)54)68-19-11-10-18-66-20-21-67-28-43(63)59-48(51(3,4)5)50(65)60-27-35(62)23-42(60)49(64)56-26-33-14-16-34(17-15-33)47-32(2)57-30-69-47/h8-9,12-17,24-25,30-31,35,42,46,48,58,62H,10-11,18-23,26-29H2,1-7H3,(H,56,64)(H,59,63)/t31-,35-,42+,46-,48?/m1/s1. The first-order valence-electron chi connectivity index (χ1n) is 23.7. The number of carbonyl (C=O) groups is 3. The number of thiazole rings is 1. The van der Waals surface area contributed by atoms with Crippen LogP contribution in [0.1, 0.15) is 94.9 Å². The quantitative estimate of drug-likeness (QED) is 0.0568. The summed E-state index contributed by atoms with van der Waals surface area (Å²) in [5.74, 6) is -2.88. The fraction of sp³-hybridized carbons (Fsp3) is 0.500. The van der Waals surface area contributed by atoms with Gasteiger partial charge in [0.2, 0.25) is 17.7 Å². The summed E-state index contributed by atoms with van der Waals surface area (Å²) < 4.78 is 64.2. The Morgan fingerprint density at radius 2 is 1.67 bits per heavy atom. The topological polar surface area (TPSA) is 158 Å². The van der Waals surface area contributed by atoms with E-state index in [9.17, 15) is 19.5 Å². The van der Waals surface area contributed by atoms with Crippen LogP contribution in [0.5, 0.6) is 5.75 Å². The van der Waals surface area contributed by atoms with Crippen LogP contribution in [-0.4, -0.2) is 119 Å². The number of para-hydroxylation sites is 1. The van der Waals surface area contributed by atoms with Crippen LogP contribution < -0.4 is 15.4 Å². The van der Waals surface area contributed by atoms with Gasteiger partial charge in [-0.25, -0.2) is 18.2 Å². The van der Waals surface area contributed by atoms with E-state index in [1.165, 1.54) is 30.9 Å². The maximum absolute atomic E-state index is 16.0. The number of aryl methyl sites for hydroxylation is 1. The summed E-state index contributed by atoms with van der Waals surface area (Å²) in [6, 6.07) is 15.0. The van der Waals surface area contributed by atoms with Crippen molar-refractivity contribution >= 4 is 40.0 Å². The Balaban J connectivity index is 0.826. The highest BCUT2D eigenvalue weighted by molar-refractivity contribution is 7.13. The summed E-state index contributed by atoms with van der Waals surface area (Å²) in [5.41, 5.74) is 4.67. The first kappa shape index (κ1) is 51.5. The SMILES string of the molecule is Cc1ncsc1-c1ccc(CNC(=O)[C@@H]2C[C@@H](O)CN2C(=O)C(NC(=O)COCCOCCCCOc2cc(F)c([C@@H]3c4[nH]c5ccccc5c4C[C@@H](C)N3CC(C)(C)F)c(F)c2)C(C)(C)C)cc1. The summed E-state index contributed by atoms with van der Waals surface area (Å²) in [4.78, 5) is 52.4. The maximum atomic E-state index is 16.0. The van der Waals surface area contributed by atoms with Crippen molar-refractivity contribution in [2.45, 2.75) is 117 Å². The summed E-state index contributed by atoms with van der Waals surface area (Å²) in [6.07, 6.45) is 0.908. The largest absolute Gasteiger partial charge is 0.493 e. The van der Waals surface area contributed by atoms with Crippen molar-refractivity contribution in [1.82, 2.24) is 30.4 Å². The van der Waals surface area contributed by atoms with Gasteiger partial charge in [-0.2, -0.15) is 0 Å². The lowest BCUT2D eigenvalue weighted by Gasteiger charge is -2.43. The molecule has 5 aromatic rings. The minimum atomic E-state index is -1.61. The Hall–Kier alpha value is -5.33. The second-order valence-corrected chi connectivity index (χ2v) is 20.7. The maximum Gasteiger partial charge on any atom is 0.246 e. The zero-order valence-corrected chi connectivity index (χ0v) is 41.3. The van der Waals surface area contributed by atoms with Crippen molar-refractivity contribution < 1.29 is 46.9 Å². The summed E-state index contributed by atoms with van der Waals surface area (Å²) >= 11 is 1.56. The highest BCUT2D eigenvalue weighted by Crippen LogP contribution is 2.44. The number of aromatic amines is 1. The van der Waals surface area contributed by atoms with Crippen LogP contribution in [0.25, 0.3) is 21.3 Å². The number of hydrogen-bond donors (Lipinski definition) is 4. The third-order valence-corrected chi connectivity index (χ3v) is 13.6. The number of aliphatic hydroxyl groups is 1. The van der Waals surface area contributed by atoms with Crippen molar-refractivity contribution in [3.8, 4) is 16.2 Å². The molecule has 1 unspecified atom stereocenters. The summed E-state index contributed by atoms with van der Waals surface area (Å²) in [7, 11) is 0. The Bertz CT molecular complexity index is 2550. The number of rotatable bonds is 20. The van der Waals surface area contributed by atoms with E-state index < -0.39 is 64.7 Å². The minimum absolute atomic E-state index is 0.0159. The Kier molecular flexibility index (Phi) is 16.6. The number of β-amino-alcohol motifs (C(OH)–C–C–N with tert-alkyl or cyclic N) is 1. The Morgan fingerprint density at radius 1 is 0.971 bits per heavy atom. The summed E-state index contributed by atoms with van der Waals surface area (Å²) in [6.45, 7) is 13.0. The van der Waals surface area contributed by atoms with Crippen molar-refractivity contribution in [2.24, 2.45) is 5.41 Å². The highest BCUT2D eigenvalue weighted by Gasteiger charge is 2.45. The monoisotopic (exact) mass is 974 g/mol. The third-order valence-electron chi connectivity index (χ3n) is 12.7.